The number of likely N-dealkylation sites (N-methyl/N-ethyl adjacent to an activating group) is 1. The Morgan fingerprint density at radius 3 is 2.82 bits per heavy atom. The summed E-state index contributed by atoms with van der Waals surface area (Å²) in [5, 5.41) is 10.9. The monoisotopic (exact) mass is 239 g/mol. The molecule has 0 saturated heterocycles. The molecule has 0 amide bonds. The SMILES string of the molecule is CCOCCN(C)c1cccc(N)c1[N+](=O)[O-]. The summed E-state index contributed by atoms with van der Waals surface area (Å²) in [6.07, 6.45) is 0. The average Bonchev–Trinajstić information content (AvgIpc) is 2.28. The van der Waals surface area contributed by atoms with Crippen LogP contribution in [0, 0.1) is 10.1 Å². The third-order valence-electron chi connectivity index (χ3n) is 2.41. The zero-order valence-electron chi connectivity index (χ0n) is 10.0. The molecule has 0 atom stereocenters. The molecule has 0 fully saturated rings. The third-order valence-corrected chi connectivity index (χ3v) is 2.41. The van der Waals surface area contributed by atoms with Crippen molar-refractivity contribution in [3.8, 4) is 0 Å². The minimum atomic E-state index is -0.457. The predicted molar refractivity (Wildman–Crippen MR) is 67.3 cm³/mol. The molecule has 0 aliphatic carbocycles. The molecule has 1 aromatic carbocycles. The fourth-order valence-electron chi connectivity index (χ4n) is 1.52. The maximum atomic E-state index is 10.9. The standard InChI is InChI=1S/C11H17N3O3/c1-3-17-8-7-13(2)10-6-4-5-9(12)11(10)14(15)16/h4-6H,3,7-8,12H2,1-2H3. The van der Waals surface area contributed by atoms with E-state index in [4.69, 9.17) is 10.5 Å². The van der Waals surface area contributed by atoms with Crippen molar-refractivity contribution in [2.45, 2.75) is 6.92 Å². The Hall–Kier alpha value is -1.82. The van der Waals surface area contributed by atoms with Crippen LogP contribution >= 0.6 is 0 Å². The van der Waals surface area contributed by atoms with Crippen LogP contribution in [0.25, 0.3) is 0 Å². The van der Waals surface area contributed by atoms with Crippen molar-refractivity contribution in [3.05, 3.63) is 28.3 Å². The van der Waals surface area contributed by atoms with E-state index in [2.05, 4.69) is 0 Å². The molecular weight excluding hydrogens is 222 g/mol. The zero-order chi connectivity index (χ0) is 12.8. The van der Waals surface area contributed by atoms with Gasteiger partial charge >= 0.3 is 5.69 Å². The fraction of sp³-hybridized carbons (Fsp3) is 0.455. The molecule has 6 heteroatoms. The van der Waals surface area contributed by atoms with Crippen molar-refractivity contribution in [3.63, 3.8) is 0 Å². The molecule has 0 saturated carbocycles. The maximum Gasteiger partial charge on any atom is 0.315 e. The summed E-state index contributed by atoms with van der Waals surface area (Å²) in [7, 11) is 1.78. The number of benzene rings is 1. The second-order valence-corrected chi connectivity index (χ2v) is 3.59. The molecule has 0 aliphatic heterocycles. The van der Waals surface area contributed by atoms with Gasteiger partial charge in [-0.2, -0.15) is 0 Å². The van der Waals surface area contributed by atoms with Crippen LogP contribution in [-0.4, -0.2) is 31.7 Å². The highest BCUT2D eigenvalue weighted by molar-refractivity contribution is 5.75. The normalized spacial score (nSPS) is 10.2. The van der Waals surface area contributed by atoms with E-state index in [1.165, 1.54) is 6.07 Å². The van der Waals surface area contributed by atoms with Gasteiger partial charge < -0.3 is 15.4 Å². The van der Waals surface area contributed by atoms with Gasteiger partial charge in [-0.15, -0.1) is 0 Å². The van der Waals surface area contributed by atoms with Gasteiger partial charge in [0.2, 0.25) is 0 Å². The Kier molecular flexibility index (Phi) is 4.71. The first-order valence-corrected chi connectivity index (χ1v) is 5.39. The van der Waals surface area contributed by atoms with Crippen molar-refractivity contribution in [2.75, 3.05) is 37.4 Å². The maximum absolute atomic E-state index is 10.9. The van der Waals surface area contributed by atoms with E-state index < -0.39 is 4.92 Å². The molecule has 0 aromatic heterocycles. The van der Waals surface area contributed by atoms with Crippen LogP contribution in [0.5, 0.6) is 0 Å². The molecule has 0 aliphatic rings. The summed E-state index contributed by atoms with van der Waals surface area (Å²) in [5.74, 6) is 0. The quantitative estimate of drug-likeness (QED) is 0.353. The number of para-hydroxylation sites is 1. The first-order chi connectivity index (χ1) is 8.07. The number of rotatable bonds is 6. The number of nitro benzene ring substituents is 1. The molecule has 6 nitrogen and oxygen atoms in total. The lowest BCUT2D eigenvalue weighted by atomic mass is 10.2. The number of nitrogens with zero attached hydrogens (tertiary/aromatic N) is 2. The van der Waals surface area contributed by atoms with Crippen molar-refractivity contribution in [1.82, 2.24) is 0 Å². The van der Waals surface area contributed by atoms with E-state index >= 15 is 0 Å². The van der Waals surface area contributed by atoms with Crippen LogP contribution in [-0.2, 0) is 4.74 Å². The fourth-order valence-corrected chi connectivity index (χ4v) is 1.52. The number of nitro groups is 1. The predicted octanol–water partition coefficient (Wildman–Crippen LogP) is 1.65. The van der Waals surface area contributed by atoms with Gasteiger partial charge in [0.1, 0.15) is 11.4 Å². The molecule has 94 valence electrons. The van der Waals surface area contributed by atoms with Gasteiger partial charge in [-0.1, -0.05) is 6.07 Å². The Labute approximate surface area is 100 Å². The number of nitrogen functional groups attached to an aromatic ring is 1. The van der Waals surface area contributed by atoms with Gasteiger partial charge in [0.25, 0.3) is 0 Å². The van der Waals surface area contributed by atoms with E-state index in [9.17, 15) is 10.1 Å². The molecule has 1 aromatic rings. The van der Waals surface area contributed by atoms with Crippen molar-refractivity contribution >= 4 is 17.1 Å². The highest BCUT2D eigenvalue weighted by Gasteiger charge is 2.20. The molecule has 2 N–H and O–H groups in total. The molecule has 0 bridgehead atoms. The van der Waals surface area contributed by atoms with Crippen molar-refractivity contribution in [1.29, 1.82) is 0 Å². The van der Waals surface area contributed by atoms with Crippen LogP contribution < -0.4 is 10.6 Å². The van der Waals surface area contributed by atoms with Crippen LogP contribution in [0.2, 0.25) is 0 Å². The van der Waals surface area contributed by atoms with Crippen LogP contribution in [0.1, 0.15) is 6.92 Å². The Balaban J connectivity index is 2.89. The number of hydrogen-bond acceptors (Lipinski definition) is 5. The highest BCUT2D eigenvalue weighted by atomic mass is 16.6. The largest absolute Gasteiger partial charge is 0.393 e. The Morgan fingerprint density at radius 2 is 2.24 bits per heavy atom. The second kappa shape index (κ2) is 6.05. The first kappa shape index (κ1) is 13.2. The molecule has 0 heterocycles. The van der Waals surface area contributed by atoms with Crippen molar-refractivity contribution < 1.29 is 9.66 Å². The van der Waals surface area contributed by atoms with Crippen LogP contribution in [0.3, 0.4) is 0 Å². The van der Waals surface area contributed by atoms with Gasteiger partial charge in [-0.25, -0.2) is 0 Å². The summed E-state index contributed by atoms with van der Waals surface area (Å²) in [6.45, 7) is 3.65. The van der Waals surface area contributed by atoms with E-state index in [0.29, 0.717) is 25.4 Å². The number of nitrogens with two attached hydrogens (primary N) is 1. The van der Waals surface area contributed by atoms with Crippen LogP contribution in [0.15, 0.2) is 18.2 Å². The molecule has 0 spiro atoms. The minimum absolute atomic E-state index is 0.0495. The molecule has 1 rings (SSSR count). The number of ether oxygens (including phenoxy) is 1. The van der Waals surface area contributed by atoms with E-state index in [0.717, 1.165) is 0 Å². The third kappa shape index (κ3) is 3.32. The summed E-state index contributed by atoms with van der Waals surface area (Å²) in [4.78, 5) is 12.3. The van der Waals surface area contributed by atoms with Gasteiger partial charge in [0.05, 0.1) is 11.5 Å². The molecular formula is C11H17N3O3. The van der Waals surface area contributed by atoms with E-state index in [-0.39, 0.29) is 11.4 Å². The smallest absolute Gasteiger partial charge is 0.315 e. The van der Waals surface area contributed by atoms with Crippen LogP contribution in [0.4, 0.5) is 17.1 Å². The van der Waals surface area contributed by atoms with E-state index in [1.54, 1.807) is 24.1 Å². The lowest BCUT2D eigenvalue weighted by molar-refractivity contribution is -0.383. The van der Waals surface area contributed by atoms with Crippen molar-refractivity contribution in [2.24, 2.45) is 0 Å². The summed E-state index contributed by atoms with van der Waals surface area (Å²) < 4.78 is 5.21. The first-order valence-electron chi connectivity index (χ1n) is 5.39. The lowest BCUT2D eigenvalue weighted by Gasteiger charge is -2.19. The zero-order valence-corrected chi connectivity index (χ0v) is 10.0. The lowest BCUT2D eigenvalue weighted by Crippen LogP contribution is -2.23. The van der Waals surface area contributed by atoms with Gasteiger partial charge in [0, 0.05) is 20.2 Å². The molecule has 0 radical (unpaired) electrons. The average molecular weight is 239 g/mol. The van der Waals surface area contributed by atoms with E-state index in [1.807, 2.05) is 6.92 Å². The summed E-state index contributed by atoms with van der Waals surface area (Å²) in [5.41, 5.74) is 6.25. The highest BCUT2D eigenvalue weighted by Crippen LogP contribution is 2.32. The Bertz CT molecular complexity index is 396. The second-order valence-electron chi connectivity index (χ2n) is 3.59. The molecule has 0 unspecified atom stereocenters. The number of hydrogen-bond donors (Lipinski definition) is 1. The minimum Gasteiger partial charge on any atom is -0.393 e. The van der Waals surface area contributed by atoms with Gasteiger partial charge in [-0.05, 0) is 19.1 Å². The summed E-state index contributed by atoms with van der Waals surface area (Å²) in [6, 6.07) is 4.91. The van der Waals surface area contributed by atoms with Gasteiger partial charge in [0.15, 0.2) is 0 Å². The summed E-state index contributed by atoms with van der Waals surface area (Å²) >= 11 is 0. The topological polar surface area (TPSA) is 81.6 Å². The van der Waals surface area contributed by atoms with Gasteiger partial charge in [-0.3, -0.25) is 10.1 Å². The number of anilines is 2. The Morgan fingerprint density at radius 1 is 1.53 bits per heavy atom. The molecule has 17 heavy (non-hydrogen) atoms.